The predicted molar refractivity (Wildman–Crippen MR) is 44.3 cm³/mol. The molecule has 0 aromatic carbocycles. The molecule has 66 valence electrons. The van der Waals surface area contributed by atoms with Gasteiger partial charge in [-0.2, -0.15) is 0 Å². The third-order valence-electron chi connectivity index (χ3n) is 1.71. The molecule has 4 heteroatoms. The lowest BCUT2D eigenvalue weighted by molar-refractivity contribution is 0.324. The van der Waals surface area contributed by atoms with Crippen molar-refractivity contribution < 1.29 is 4.39 Å². The Bertz CT molecular complexity index is 252. The summed E-state index contributed by atoms with van der Waals surface area (Å²) in [6, 6.07) is 0. The van der Waals surface area contributed by atoms with Crippen molar-refractivity contribution in [3.63, 3.8) is 0 Å². The Morgan fingerprint density at radius 1 is 1.67 bits per heavy atom. The van der Waals surface area contributed by atoms with E-state index in [1.54, 1.807) is 6.92 Å². The van der Waals surface area contributed by atoms with E-state index < -0.39 is 6.17 Å². The molecule has 1 atom stereocenters. The maximum atomic E-state index is 13.2. The molecule has 0 amide bonds. The number of nitrogens with zero attached hydrogens (tertiary/aromatic N) is 2. The fourth-order valence-electron chi connectivity index (χ4n) is 1.01. The second-order valence-corrected chi connectivity index (χ2v) is 2.61. The number of hydrogen-bond donors (Lipinski definition) is 1. The number of halogens is 1. The highest BCUT2D eigenvalue weighted by atomic mass is 19.1. The predicted octanol–water partition coefficient (Wildman–Crippen LogP) is 1.14. The van der Waals surface area contributed by atoms with Crippen LogP contribution in [-0.4, -0.2) is 16.5 Å². The van der Waals surface area contributed by atoms with E-state index in [4.69, 9.17) is 5.73 Å². The van der Waals surface area contributed by atoms with Crippen LogP contribution in [0.2, 0.25) is 0 Å². The Morgan fingerprint density at radius 3 is 3.00 bits per heavy atom. The van der Waals surface area contributed by atoms with Crippen molar-refractivity contribution in [1.82, 2.24) is 9.97 Å². The van der Waals surface area contributed by atoms with Gasteiger partial charge in [0.25, 0.3) is 0 Å². The van der Waals surface area contributed by atoms with E-state index >= 15 is 0 Å². The maximum Gasteiger partial charge on any atom is 0.130 e. The molecule has 0 fully saturated rings. The molecule has 1 aromatic rings. The number of rotatable bonds is 3. The Labute approximate surface area is 70.8 Å². The molecule has 0 aliphatic heterocycles. The zero-order valence-electron chi connectivity index (χ0n) is 7.00. The smallest absolute Gasteiger partial charge is 0.130 e. The minimum atomic E-state index is -1.03. The van der Waals surface area contributed by atoms with Crippen LogP contribution in [0.3, 0.4) is 0 Å². The fraction of sp³-hybridized carbons (Fsp3) is 0.500. The summed E-state index contributed by atoms with van der Waals surface area (Å²) in [7, 11) is 0. The van der Waals surface area contributed by atoms with E-state index in [2.05, 4.69) is 9.97 Å². The minimum Gasteiger partial charge on any atom is -0.330 e. The second-order valence-electron chi connectivity index (χ2n) is 2.61. The van der Waals surface area contributed by atoms with Gasteiger partial charge in [-0.3, -0.25) is 0 Å². The van der Waals surface area contributed by atoms with E-state index in [1.165, 1.54) is 12.5 Å². The summed E-state index contributed by atoms with van der Waals surface area (Å²) in [5, 5.41) is 0. The number of nitrogens with two attached hydrogens (primary N) is 1. The van der Waals surface area contributed by atoms with Crippen LogP contribution in [0.25, 0.3) is 0 Å². The first kappa shape index (κ1) is 9.06. The molecule has 1 rings (SSSR count). The zero-order chi connectivity index (χ0) is 8.97. The SMILES string of the molecule is Cc1ncncc1C(F)CCN. The van der Waals surface area contributed by atoms with Crippen molar-refractivity contribution >= 4 is 0 Å². The van der Waals surface area contributed by atoms with E-state index in [0.717, 1.165) is 0 Å². The van der Waals surface area contributed by atoms with Gasteiger partial charge in [0.05, 0.1) is 0 Å². The van der Waals surface area contributed by atoms with Crippen LogP contribution in [0.1, 0.15) is 23.8 Å². The summed E-state index contributed by atoms with van der Waals surface area (Å²) in [6.07, 6.45) is 2.21. The van der Waals surface area contributed by atoms with Gasteiger partial charge in [-0.05, 0) is 19.9 Å². The number of aromatic nitrogens is 2. The maximum absolute atomic E-state index is 13.2. The van der Waals surface area contributed by atoms with Gasteiger partial charge >= 0.3 is 0 Å². The molecule has 0 aliphatic carbocycles. The zero-order valence-corrected chi connectivity index (χ0v) is 7.00. The fourth-order valence-corrected chi connectivity index (χ4v) is 1.01. The van der Waals surface area contributed by atoms with E-state index in [0.29, 0.717) is 24.2 Å². The Morgan fingerprint density at radius 2 is 2.42 bits per heavy atom. The van der Waals surface area contributed by atoms with Gasteiger partial charge in [-0.15, -0.1) is 0 Å². The molecule has 2 N–H and O–H groups in total. The molecule has 0 spiro atoms. The summed E-state index contributed by atoms with van der Waals surface area (Å²) in [4.78, 5) is 7.65. The van der Waals surface area contributed by atoms with Crippen LogP contribution >= 0.6 is 0 Å². The molecule has 0 saturated heterocycles. The average Bonchev–Trinajstić information content (AvgIpc) is 2.05. The second kappa shape index (κ2) is 4.11. The molecule has 3 nitrogen and oxygen atoms in total. The molecule has 1 aromatic heterocycles. The lowest BCUT2D eigenvalue weighted by atomic mass is 10.1. The van der Waals surface area contributed by atoms with Crippen LogP contribution < -0.4 is 5.73 Å². The van der Waals surface area contributed by atoms with E-state index in [9.17, 15) is 4.39 Å². The van der Waals surface area contributed by atoms with Crippen LogP contribution in [0.4, 0.5) is 4.39 Å². The van der Waals surface area contributed by atoms with Crippen molar-refractivity contribution in [2.24, 2.45) is 5.73 Å². The molecule has 0 bridgehead atoms. The first-order valence-electron chi connectivity index (χ1n) is 3.86. The lowest BCUT2D eigenvalue weighted by Gasteiger charge is -2.07. The van der Waals surface area contributed by atoms with Crippen molar-refractivity contribution in [1.29, 1.82) is 0 Å². The largest absolute Gasteiger partial charge is 0.330 e. The third kappa shape index (κ3) is 1.98. The van der Waals surface area contributed by atoms with Crippen LogP contribution in [0, 0.1) is 6.92 Å². The molecule has 1 heterocycles. The number of aryl methyl sites for hydroxylation is 1. The monoisotopic (exact) mass is 169 g/mol. The Hall–Kier alpha value is -1.03. The lowest BCUT2D eigenvalue weighted by Crippen LogP contribution is -2.05. The number of alkyl halides is 1. The summed E-state index contributed by atoms with van der Waals surface area (Å²) in [5.74, 6) is 0. The molecular formula is C8H12FN3. The van der Waals surface area contributed by atoms with Gasteiger partial charge in [0.2, 0.25) is 0 Å². The van der Waals surface area contributed by atoms with Gasteiger partial charge in [0.1, 0.15) is 12.5 Å². The molecule has 0 aliphatic rings. The van der Waals surface area contributed by atoms with Crippen molar-refractivity contribution in [2.75, 3.05) is 6.54 Å². The number of hydrogen-bond acceptors (Lipinski definition) is 3. The summed E-state index contributed by atoms with van der Waals surface area (Å²) >= 11 is 0. The van der Waals surface area contributed by atoms with Crippen molar-refractivity contribution in [3.05, 3.63) is 23.8 Å². The van der Waals surface area contributed by atoms with Crippen molar-refractivity contribution in [3.8, 4) is 0 Å². The highest BCUT2D eigenvalue weighted by Crippen LogP contribution is 2.21. The molecule has 1 unspecified atom stereocenters. The highest BCUT2D eigenvalue weighted by Gasteiger charge is 2.11. The standard InChI is InChI=1S/C8H12FN3/c1-6-7(4-11-5-12-6)8(9)2-3-10/h4-5,8H,2-3,10H2,1H3. The van der Waals surface area contributed by atoms with Crippen molar-refractivity contribution in [2.45, 2.75) is 19.5 Å². The normalized spacial score (nSPS) is 12.9. The third-order valence-corrected chi connectivity index (χ3v) is 1.71. The van der Waals surface area contributed by atoms with Crippen LogP contribution in [-0.2, 0) is 0 Å². The van der Waals surface area contributed by atoms with Gasteiger partial charge < -0.3 is 5.73 Å². The van der Waals surface area contributed by atoms with E-state index in [-0.39, 0.29) is 0 Å². The van der Waals surface area contributed by atoms with Gasteiger partial charge in [0, 0.05) is 17.5 Å². The van der Waals surface area contributed by atoms with Gasteiger partial charge in [0.15, 0.2) is 0 Å². The molecular weight excluding hydrogens is 157 g/mol. The Kier molecular flexibility index (Phi) is 3.10. The highest BCUT2D eigenvalue weighted by molar-refractivity contribution is 5.17. The molecule has 0 radical (unpaired) electrons. The van der Waals surface area contributed by atoms with E-state index in [1.807, 2.05) is 0 Å². The van der Waals surface area contributed by atoms with Crippen LogP contribution in [0.5, 0.6) is 0 Å². The minimum absolute atomic E-state index is 0.328. The molecule has 0 saturated carbocycles. The molecule has 12 heavy (non-hydrogen) atoms. The quantitative estimate of drug-likeness (QED) is 0.738. The Balaban J connectivity index is 2.79. The average molecular weight is 169 g/mol. The van der Waals surface area contributed by atoms with Crippen LogP contribution in [0.15, 0.2) is 12.5 Å². The first-order valence-corrected chi connectivity index (χ1v) is 3.86. The first-order chi connectivity index (χ1) is 5.75. The van der Waals surface area contributed by atoms with Gasteiger partial charge in [-0.25, -0.2) is 14.4 Å². The van der Waals surface area contributed by atoms with Gasteiger partial charge in [-0.1, -0.05) is 0 Å². The topological polar surface area (TPSA) is 51.8 Å². The summed E-state index contributed by atoms with van der Waals surface area (Å²) in [5.41, 5.74) is 6.47. The summed E-state index contributed by atoms with van der Waals surface area (Å²) < 4.78 is 13.2. The summed E-state index contributed by atoms with van der Waals surface area (Å²) in [6.45, 7) is 2.11.